The quantitative estimate of drug-likeness (QED) is 0.680. The summed E-state index contributed by atoms with van der Waals surface area (Å²) in [6.45, 7) is 9.34. The first-order chi connectivity index (χ1) is 7.20. The topological polar surface area (TPSA) is 61.4 Å². The predicted octanol–water partition coefficient (Wildman–Crippen LogP) is 1.36. The number of rotatable bonds is 4. The molecular weight excluding hydrogens is 204 g/mol. The second kappa shape index (κ2) is 4.72. The lowest BCUT2D eigenvalue weighted by molar-refractivity contribution is -0.136. The summed E-state index contributed by atoms with van der Waals surface area (Å²) in [5.41, 5.74) is 0.227. The van der Waals surface area contributed by atoms with Crippen molar-refractivity contribution in [2.75, 3.05) is 6.54 Å². The highest BCUT2D eigenvalue weighted by Gasteiger charge is 2.37. The van der Waals surface area contributed by atoms with Gasteiger partial charge < -0.3 is 15.7 Å². The van der Waals surface area contributed by atoms with Gasteiger partial charge in [0.1, 0.15) is 0 Å². The second-order valence-electron chi connectivity index (χ2n) is 6.10. The van der Waals surface area contributed by atoms with Crippen LogP contribution in [-0.2, 0) is 4.79 Å². The van der Waals surface area contributed by atoms with Gasteiger partial charge in [-0.15, -0.1) is 0 Å². The lowest BCUT2D eigenvalue weighted by Crippen LogP contribution is -2.61. The normalized spacial score (nSPS) is 24.2. The Morgan fingerprint density at radius 3 is 2.25 bits per heavy atom. The number of hydrogen-bond acceptors (Lipinski definition) is 3. The molecule has 1 heterocycles. The molecule has 0 aromatic carbocycles. The van der Waals surface area contributed by atoms with Gasteiger partial charge in [0.15, 0.2) is 0 Å². The molecule has 1 saturated heterocycles. The van der Waals surface area contributed by atoms with Crippen LogP contribution in [0, 0.1) is 0 Å². The highest BCUT2D eigenvalue weighted by atomic mass is 16.4. The maximum absolute atomic E-state index is 10.4. The predicted molar refractivity (Wildman–Crippen MR) is 64.6 cm³/mol. The Kier molecular flexibility index (Phi) is 3.97. The zero-order valence-corrected chi connectivity index (χ0v) is 10.8. The van der Waals surface area contributed by atoms with Crippen LogP contribution < -0.4 is 10.6 Å². The van der Waals surface area contributed by atoms with Crippen LogP contribution in [0.4, 0.5) is 0 Å². The number of nitrogens with one attached hydrogen (secondary N) is 2. The molecule has 1 rings (SSSR count). The van der Waals surface area contributed by atoms with E-state index in [-0.39, 0.29) is 17.5 Å². The van der Waals surface area contributed by atoms with Gasteiger partial charge in [0, 0.05) is 23.7 Å². The highest BCUT2D eigenvalue weighted by molar-refractivity contribution is 5.66. The number of carboxylic acid groups (broad SMARTS) is 1. The Bertz CT molecular complexity index is 246. The third-order valence-corrected chi connectivity index (χ3v) is 2.96. The molecule has 4 heteroatoms. The molecule has 0 saturated carbocycles. The van der Waals surface area contributed by atoms with Gasteiger partial charge in [-0.3, -0.25) is 4.79 Å². The van der Waals surface area contributed by atoms with Crippen LogP contribution in [0.25, 0.3) is 0 Å². The van der Waals surface area contributed by atoms with Gasteiger partial charge in [-0.25, -0.2) is 0 Å². The molecule has 1 aliphatic rings. The molecule has 0 amide bonds. The van der Waals surface area contributed by atoms with Gasteiger partial charge in [0.05, 0.1) is 6.42 Å². The molecule has 4 nitrogen and oxygen atoms in total. The smallest absolute Gasteiger partial charge is 0.304 e. The molecule has 0 aromatic rings. The minimum Gasteiger partial charge on any atom is -0.481 e. The molecule has 94 valence electrons. The molecule has 0 spiro atoms. The monoisotopic (exact) mass is 228 g/mol. The fourth-order valence-electron chi connectivity index (χ4n) is 2.85. The van der Waals surface area contributed by atoms with E-state index in [0.717, 1.165) is 12.8 Å². The fraction of sp³-hybridized carbons (Fsp3) is 0.917. The maximum Gasteiger partial charge on any atom is 0.304 e. The van der Waals surface area contributed by atoms with Crippen molar-refractivity contribution in [3.8, 4) is 0 Å². The zero-order valence-electron chi connectivity index (χ0n) is 10.8. The molecule has 0 aliphatic carbocycles. The molecule has 0 atom stereocenters. The molecule has 0 bridgehead atoms. The van der Waals surface area contributed by atoms with E-state index in [4.69, 9.17) is 5.11 Å². The van der Waals surface area contributed by atoms with E-state index < -0.39 is 5.97 Å². The summed E-state index contributed by atoms with van der Waals surface area (Å²) in [6.07, 6.45) is 2.27. The highest BCUT2D eigenvalue weighted by Crippen LogP contribution is 2.28. The largest absolute Gasteiger partial charge is 0.481 e. The summed E-state index contributed by atoms with van der Waals surface area (Å²) >= 11 is 0. The zero-order chi connectivity index (χ0) is 12.4. The standard InChI is InChI=1S/C12H24N2O2/c1-11(2)7-9(8-12(3,4)14-11)13-6-5-10(15)16/h9,13-14H,5-8H2,1-4H3,(H,15,16). The van der Waals surface area contributed by atoms with Gasteiger partial charge in [0.2, 0.25) is 0 Å². The molecular formula is C12H24N2O2. The average Bonchev–Trinajstić information content (AvgIpc) is 1.96. The third kappa shape index (κ3) is 4.49. The van der Waals surface area contributed by atoms with Crippen molar-refractivity contribution < 1.29 is 9.90 Å². The first-order valence-electron chi connectivity index (χ1n) is 5.95. The molecule has 1 aliphatic heterocycles. The molecule has 0 radical (unpaired) electrons. The minimum absolute atomic E-state index is 0.114. The van der Waals surface area contributed by atoms with Crippen LogP contribution in [0.2, 0.25) is 0 Å². The molecule has 16 heavy (non-hydrogen) atoms. The van der Waals surface area contributed by atoms with E-state index >= 15 is 0 Å². The van der Waals surface area contributed by atoms with E-state index in [9.17, 15) is 4.79 Å². The van der Waals surface area contributed by atoms with Crippen molar-refractivity contribution in [3.63, 3.8) is 0 Å². The summed E-state index contributed by atoms with van der Waals surface area (Å²) in [6, 6.07) is 0.408. The van der Waals surface area contributed by atoms with Crippen molar-refractivity contribution in [1.29, 1.82) is 0 Å². The summed E-state index contributed by atoms with van der Waals surface area (Å²) in [7, 11) is 0. The van der Waals surface area contributed by atoms with Crippen molar-refractivity contribution in [1.82, 2.24) is 10.6 Å². The summed E-state index contributed by atoms with van der Waals surface area (Å²) in [5.74, 6) is -0.736. The van der Waals surface area contributed by atoms with E-state index in [1.165, 1.54) is 0 Å². The molecule has 1 fully saturated rings. The van der Waals surface area contributed by atoms with Crippen molar-refractivity contribution in [2.24, 2.45) is 0 Å². The number of carboxylic acids is 1. The van der Waals surface area contributed by atoms with Crippen LogP contribution in [0.5, 0.6) is 0 Å². The maximum atomic E-state index is 10.4. The first kappa shape index (κ1) is 13.5. The van der Waals surface area contributed by atoms with Gasteiger partial charge in [0.25, 0.3) is 0 Å². The minimum atomic E-state index is -0.736. The Labute approximate surface area is 97.8 Å². The first-order valence-corrected chi connectivity index (χ1v) is 5.95. The van der Waals surface area contributed by atoms with E-state index in [1.54, 1.807) is 0 Å². The second-order valence-corrected chi connectivity index (χ2v) is 6.10. The van der Waals surface area contributed by atoms with Crippen LogP contribution >= 0.6 is 0 Å². The van der Waals surface area contributed by atoms with Gasteiger partial charge >= 0.3 is 5.97 Å². The lowest BCUT2D eigenvalue weighted by atomic mass is 9.79. The fourth-order valence-corrected chi connectivity index (χ4v) is 2.85. The summed E-state index contributed by atoms with van der Waals surface area (Å²) in [4.78, 5) is 10.4. The van der Waals surface area contributed by atoms with Crippen LogP contribution in [0.1, 0.15) is 47.0 Å². The van der Waals surface area contributed by atoms with Crippen LogP contribution in [0.15, 0.2) is 0 Å². The van der Waals surface area contributed by atoms with Crippen LogP contribution in [-0.4, -0.2) is 34.7 Å². The SMILES string of the molecule is CC1(C)CC(NCCC(=O)O)CC(C)(C)N1. The molecule has 3 N–H and O–H groups in total. The number of carbonyl (C=O) groups is 1. The Hall–Kier alpha value is -0.610. The van der Waals surface area contributed by atoms with E-state index in [2.05, 4.69) is 38.3 Å². The van der Waals surface area contributed by atoms with Gasteiger partial charge in [-0.1, -0.05) is 0 Å². The van der Waals surface area contributed by atoms with Crippen molar-refractivity contribution in [2.45, 2.75) is 64.1 Å². The van der Waals surface area contributed by atoms with Crippen molar-refractivity contribution >= 4 is 5.97 Å². The van der Waals surface area contributed by atoms with E-state index in [0.29, 0.717) is 12.6 Å². The lowest BCUT2D eigenvalue weighted by Gasteiger charge is -2.46. The number of piperidine rings is 1. The van der Waals surface area contributed by atoms with Crippen molar-refractivity contribution in [3.05, 3.63) is 0 Å². The summed E-state index contributed by atoms with van der Waals surface area (Å²) < 4.78 is 0. The van der Waals surface area contributed by atoms with Gasteiger partial charge in [-0.05, 0) is 40.5 Å². The summed E-state index contributed by atoms with van der Waals surface area (Å²) in [5, 5.41) is 15.5. The Balaban J connectivity index is 2.45. The van der Waals surface area contributed by atoms with Gasteiger partial charge in [-0.2, -0.15) is 0 Å². The van der Waals surface area contributed by atoms with Crippen LogP contribution in [0.3, 0.4) is 0 Å². The number of hydrogen-bond donors (Lipinski definition) is 3. The Morgan fingerprint density at radius 2 is 1.81 bits per heavy atom. The Morgan fingerprint density at radius 1 is 1.31 bits per heavy atom. The molecule has 0 aromatic heterocycles. The molecule has 0 unspecified atom stereocenters. The third-order valence-electron chi connectivity index (χ3n) is 2.96. The van der Waals surface area contributed by atoms with E-state index in [1.807, 2.05) is 0 Å². The number of aliphatic carboxylic acids is 1. The average molecular weight is 228 g/mol.